The summed E-state index contributed by atoms with van der Waals surface area (Å²) in [6.45, 7) is 0.0164. The molecule has 0 spiro atoms. The van der Waals surface area contributed by atoms with Crippen molar-refractivity contribution in [2.45, 2.75) is 14.2 Å². The third-order valence-electron chi connectivity index (χ3n) is 3.94. The molecule has 1 heterocycles. The molecular weight excluding hydrogens is 511 g/mol. The summed E-state index contributed by atoms with van der Waals surface area (Å²) in [5, 5.41) is 9.10. The number of aliphatic hydroxyl groups excluding tert-OH is 1. The summed E-state index contributed by atoms with van der Waals surface area (Å²) in [6.07, 6.45) is 3.91. The van der Waals surface area contributed by atoms with Gasteiger partial charge in [0, 0.05) is 5.56 Å². The molecule has 0 aliphatic heterocycles. The smallest absolute Gasteiger partial charge is 0.250 e. The topological polar surface area (TPSA) is 58.9 Å². The maximum Gasteiger partial charge on any atom is 0.250 e. The predicted octanol–water partition coefficient (Wildman–Crippen LogP) is 6.85. The monoisotopic (exact) mass is 521 g/mol. The van der Waals surface area contributed by atoms with Crippen LogP contribution in [0.2, 0.25) is 0 Å². The summed E-state index contributed by atoms with van der Waals surface area (Å²) < 4.78 is -3.81. The molecule has 0 bridgehead atoms. The summed E-state index contributed by atoms with van der Waals surface area (Å²) in [6, 6.07) is 14.9. The molecule has 4 nitrogen and oxygen atoms in total. The molecule has 0 aliphatic carbocycles. The van der Waals surface area contributed by atoms with Gasteiger partial charge in [0.25, 0.3) is 0 Å². The molecule has 0 aliphatic rings. The normalized spacial score (nSPS) is 12.5. The van der Waals surface area contributed by atoms with E-state index in [1.165, 1.54) is 0 Å². The summed E-state index contributed by atoms with van der Waals surface area (Å²) in [4.78, 5) is 12.3. The third kappa shape index (κ3) is 6.21. The van der Waals surface area contributed by atoms with Crippen molar-refractivity contribution in [3.05, 3.63) is 76.9 Å². The second-order valence-corrected chi connectivity index (χ2v) is 10.7. The Balaban J connectivity index is 1.89. The Bertz CT molecular complexity index is 1010. The zero-order valence-corrected chi connectivity index (χ0v) is 19.6. The first kappa shape index (κ1) is 23.6. The summed E-state index contributed by atoms with van der Waals surface area (Å²) >= 11 is 35.5. The van der Waals surface area contributed by atoms with Gasteiger partial charge in [0.15, 0.2) is 17.5 Å². The minimum absolute atomic E-state index is 0.0164. The minimum Gasteiger partial charge on any atom is -0.392 e. The van der Waals surface area contributed by atoms with E-state index < -0.39 is 7.59 Å². The SMILES string of the molecule is OCc1ccc(C=Cc2ccc(-c3nc(C(Cl)(Cl)Cl)nc(C(Cl)(Cl)Cl)n3)cc2)cc1. The average molecular weight is 524 g/mol. The maximum absolute atomic E-state index is 9.10. The Labute approximate surface area is 203 Å². The molecule has 0 saturated heterocycles. The largest absolute Gasteiger partial charge is 0.392 e. The van der Waals surface area contributed by atoms with Crippen molar-refractivity contribution >= 4 is 81.8 Å². The van der Waals surface area contributed by atoms with Gasteiger partial charge in [0.2, 0.25) is 7.59 Å². The van der Waals surface area contributed by atoms with E-state index in [-0.39, 0.29) is 24.1 Å². The highest BCUT2D eigenvalue weighted by Gasteiger charge is 2.33. The van der Waals surface area contributed by atoms with Crippen molar-refractivity contribution in [2.24, 2.45) is 0 Å². The van der Waals surface area contributed by atoms with E-state index in [0.29, 0.717) is 5.56 Å². The number of rotatable bonds is 4. The fourth-order valence-electron chi connectivity index (χ4n) is 2.43. The lowest BCUT2D eigenvalue weighted by atomic mass is 10.1. The first-order chi connectivity index (χ1) is 14.1. The Morgan fingerprint density at radius 3 is 1.50 bits per heavy atom. The Kier molecular flexibility index (Phi) is 7.52. The van der Waals surface area contributed by atoms with E-state index in [2.05, 4.69) is 15.0 Å². The number of aromatic nitrogens is 3. The molecule has 10 heteroatoms. The average Bonchev–Trinajstić information content (AvgIpc) is 2.71. The number of halogens is 6. The van der Waals surface area contributed by atoms with Crippen LogP contribution in [-0.2, 0) is 14.2 Å². The van der Waals surface area contributed by atoms with Gasteiger partial charge in [-0.2, -0.15) is 0 Å². The summed E-state index contributed by atoms with van der Waals surface area (Å²) in [5.41, 5.74) is 3.45. The van der Waals surface area contributed by atoms with Crippen molar-refractivity contribution in [1.29, 1.82) is 0 Å². The highest BCUT2D eigenvalue weighted by atomic mass is 35.6. The Hall–Kier alpha value is -1.11. The minimum atomic E-state index is -1.91. The first-order valence-electron chi connectivity index (χ1n) is 8.45. The van der Waals surface area contributed by atoms with Crippen LogP contribution in [0, 0.1) is 0 Å². The summed E-state index contributed by atoms with van der Waals surface area (Å²) in [7, 11) is 0. The van der Waals surface area contributed by atoms with Crippen LogP contribution in [0.25, 0.3) is 23.5 Å². The third-order valence-corrected chi connectivity index (χ3v) is 4.96. The highest BCUT2D eigenvalue weighted by Crippen LogP contribution is 2.40. The molecule has 1 aromatic heterocycles. The number of aliphatic hydroxyl groups is 1. The number of nitrogens with zero attached hydrogens (tertiary/aromatic N) is 3. The van der Waals surface area contributed by atoms with Gasteiger partial charge >= 0.3 is 0 Å². The van der Waals surface area contributed by atoms with E-state index in [4.69, 9.17) is 74.7 Å². The number of hydrogen-bond donors (Lipinski definition) is 1. The van der Waals surface area contributed by atoms with E-state index in [1.54, 1.807) is 12.1 Å². The maximum atomic E-state index is 9.10. The molecule has 0 saturated carbocycles. The van der Waals surface area contributed by atoms with Crippen LogP contribution < -0.4 is 0 Å². The molecule has 3 aromatic rings. The quantitative estimate of drug-likeness (QED) is 0.300. The predicted molar refractivity (Wildman–Crippen MR) is 125 cm³/mol. The molecule has 0 atom stereocenters. The van der Waals surface area contributed by atoms with Crippen molar-refractivity contribution in [1.82, 2.24) is 15.0 Å². The Morgan fingerprint density at radius 1 is 0.667 bits per heavy atom. The number of benzene rings is 2. The molecule has 156 valence electrons. The standard InChI is InChI=1S/C20H13Cl6N3O/c21-19(22,23)17-27-16(28-18(29-17)20(24,25)26)15-9-7-13(8-10-15)2-1-12-3-5-14(11-30)6-4-12/h1-10,30H,11H2. The van der Waals surface area contributed by atoms with Crippen molar-refractivity contribution in [3.8, 4) is 11.4 Å². The van der Waals surface area contributed by atoms with Gasteiger partial charge in [-0.25, -0.2) is 15.0 Å². The van der Waals surface area contributed by atoms with Gasteiger partial charge < -0.3 is 5.11 Å². The summed E-state index contributed by atoms with van der Waals surface area (Å²) in [5.74, 6) is -0.0778. The highest BCUT2D eigenvalue weighted by molar-refractivity contribution is 6.67. The fourth-order valence-corrected chi connectivity index (χ4v) is 2.94. The van der Waals surface area contributed by atoms with Gasteiger partial charge in [0.1, 0.15) is 0 Å². The fraction of sp³-hybridized carbons (Fsp3) is 0.150. The van der Waals surface area contributed by atoms with Crippen LogP contribution in [0.3, 0.4) is 0 Å². The number of hydrogen-bond acceptors (Lipinski definition) is 4. The zero-order valence-electron chi connectivity index (χ0n) is 15.0. The second-order valence-electron chi connectivity index (χ2n) is 6.16. The van der Waals surface area contributed by atoms with Gasteiger partial charge in [-0.05, 0) is 16.7 Å². The van der Waals surface area contributed by atoms with Crippen LogP contribution in [-0.4, -0.2) is 20.1 Å². The van der Waals surface area contributed by atoms with Crippen molar-refractivity contribution in [2.75, 3.05) is 0 Å². The molecule has 2 aromatic carbocycles. The lowest BCUT2D eigenvalue weighted by molar-refractivity contribution is 0.282. The van der Waals surface area contributed by atoms with E-state index >= 15 is 0 Å². The molecule has 1 N–H and O–H groups in total. The second kappa shape index (κ2) is 9.58. The van der Waals surface area contributed by atoms with Crippen LogP contribution in [0.4, 0.5) is 0 Å². The lowest BCUT2D eigenvalue weighted by Crippen LogP contribution is -2.16. The lowest BCUT2D eigenvalue weighted by Gasteiger charge is -2.15. The van der Waals surface area contributed by atoms with Crippen LogP contribution in [0.15, 0.2) is 48.5 Å². The van der Waals surface area contributed by atoms with E-state index in [1.807, 2.05) is 48.6 Å². The van der Waals surface area contributed by atoms with Crippen LogP contribution in [0.5, 0.6) is 0 Å². The molecule has 0 radical (unpaired) electrons. The molecule has 0 fully saturated rings. The van der Waals surface area contributed by atoms with Gasteiger partial charge in [-0.1, -0.05) is 130 Å². The van der Waals surface area contributed by atoms with Crippen molar-refractivity contribution in [3.63, 3.8) is 0 Å². The molecule has 30 heavy (non-hydrogen) atoms. The molecular formula is C20H13Cl6N3O. The van der Waals surface area contributed by atoms with Crippen molar-refractivity contribution < 1.29 is 5.11 Å². The van der Waals surface area contributed by atoms with Gasteiger partial charge in [0.05, 0.1) is 6.61 Å². The van der Waals surface area contributed by atoms with E-state index in [0.717, 1.165) is 16.7 Å². The zero-order chi connectivity index (χ0) is 21.9. The Morgan fingerprint density at radius 2 is 1.10 bits per heavy atom. The molecule has 0 amide bonds. The van der Waals surface area contributed by atoms with Crippen LogP contribution >= 0.6 is 69.6 Å². The number of alkyl halides is 6. The molecule has 3 rings (SSSR count). The van der Waals surface area contributed by atoms with E-state index in [9.17, 15) is 0 Å². The first-order valence-corrected chi connectivity index (χ1v) is 10.7. The van der Waals surface area contributed by atoms with Gasteiger partial charge in [-0.3, -0.25) is 0 Å². The molecule has 0 unspecified atom stereocenters. The van der Waals surface area contributed by atoms with Crippen LogP contribution in [0.1, 0.15) is 28.3 Å². The van der Waals surface area contributed by atoms with Gasteiger partial charge in [-0.15, -0.1) is 0 Å².